The SMILES string of the molecule is CC(C)CCCCCCNI. The molecule has 0 heterocycles. The van der Waals surface area contributed by atoms with E-state index in [0.717, 1.165) is 5.92 Å². The van der Waals surface area contributed by atoms with Gasteiger partial charge in [-0.3, -0.25) is 3.53 Å². The second-order valence-corrected chi connectivity index (χ2v) is 4.24. The van der Waals surface area contributed by atoms with Crippen LogP contribution in [0.2, 0.25) is 0 Å². The largest absolute Gasteiger partial charge is 0.261 e. The third kappa shape index (κ3) is 10.7. The molecule has 0 saturated heterocycles. The van der Waals surface area contributed by atoms with Gasteiger partial charge >= 0.3 is 0 Å². The van der Waals surface area contributed by atoms with Gasteiger partial charge in [-0.1, -0.05) is 39.5 Å². The highest BCUT2D eigenvalue weighted by molar-refractivity contribution is 14.1. The summed E-state index contributed by atoms with van der Waals surface area (Å²) in [6, 6.07) is 0. The van der Waals surface area contributed by atoms with Crippen molar-refractivity contribution < 1.29 is 0 Å². The first-order valence-electron chi connectivity index (χ1n) is 4.61. The first kappa shape index (κ1) is 11.7. The molecule has 0 aliphatic heterocycles. The fraction of sp³-hybridized carbons (Fsp3) is 1.00. The van der Waals surface area contributed by atoms with Crippen molar-refractivity contribution in [2.24, 2.45) is 5.92 Å². The summed E-state index contributed by atoms with van der Waals surface area (Å²) in [6.45, 7) is 5.76. The van der Waals surface area contributed by atoms with Crippen molar-refractivity contribution in [2.75, 3.05) is 6.54 Å². The van der Waals surface area contributed by atoms with Gasteiger partial charge in [-0.15, -0.1) is 0 Å². The van der Waals surface area contributed by atoms with E-state index in [1.807, 2.05) is 0 Å². The van der Waals surface area contributed by atoms with Crippen LogP contribution < -0.4 is 3.53 Å². The lowest BCUT2D eigenvalue weighted by atomic mass is 10.0. The molecular formula is C9H20IN. The van der Waals surface area contributed by atoms with Crippen LogP contribution in [0.4, 0.5) is 0 Å². The maximum Gasteiger partial charge on any atom is 0.0169 e. The summed E-state index contributed by atoms with van der Waals surface area (Å²) < 4.78 is 3.14. The molecule has 1 nitrogen and oxygen atoms in total. The Labute approximate surface area is 84.8 Å². The summed E-state index contributed by atoms with van der Waals surface area (Å²) >= 11 is 2.21. The average Bonchev–Trinajstić information content (AvgIpc) is 1.96. The maximum atomic E-state index is 3.14. The Hall–Kier alpha value is 0.690. The monoisotopic (exact) mass is 269 g/mol. The molecule has 0 aromatic heterocycles. The third-order valence-electron chi connectivity index (χ3n) is 1.80. The van der Waals surface area contributed by atoms with Crippen molar-refractivity contribution in [2.45, 2.75) is 46.0 Å². The van der Waals surface area contributed by atoms with E-state index in [4.69, 9.17) is 0 Å². The van der Waals surface area contributed by atoms with E-state index < -0.39 is 0 Å². The van der Waals surface area contributed by atoms with Gasteiger partial charge in [0.15, 0.2) is 0 Å². The number of nitrogens with one attached hydrogen (secondary N) is 1. The van der Waals surface area contributed by atoms with E-state index in [0.29, 0.717) is 0 Å². The zero-order chi connectivity index (χ0) is 8.53. The van der Waals surface area contributed by atoms with Crippen LogP contribution in [-0.4, -0.2) is 6.54 Å². The van der Waals surface area contributed by atoms with Crippen LogP contribution in [0, 0.1) is 5.92 Å². The van der Waals surface area contributed by atoms with E-state index in [-0.39, 0.29) is 0 Å². The van der Waals surface area contributed by atoms with Crippen LogP contribution in [0.1, 0.15) is 46.0 Å². The molecule has 2 heteroatoms. The normalized spacial score (nSPS) is 10.9. The second-order valence-electron chi connectivity index (χ2n) is 3.48. The molecule has 0 aromatic carbocycles. The van der Waals surface area contributed by atoms with Gasteiger partial charge in [0.2, 0.25) is 0 Å². The summed E-state index contributed by atoms with van der Waals surface area (Å²) in [7, 11) is 0. The Balaban J connectivity index is 2.80. The quantitative estimate of drug-likeness (QED) is 0.423. The Morgan fingerprint density at radius 3 is 2.27 bits per heavy atom. The maximum absolute atomic E-state index is 3.14. The number of halogens is 1. The van der Waals surface area contributed by atoms with E-state index >= 15 is 0 Å². The molecule has 0 saturated carbocycles. The molecule has 0 aliphatic rings. The van der Waals surface area contributed by atoms with Crippen molar-refractivity contribution >= 4 is 22.9 Å². The number of rotatable bonds is 7. The number of hydrogen-bond acceptors (Lipinski definition) is 1. The van der Waals surface area contributed by atoms with Gasteiger partial charge in [0, 0.05) is 29.4 Å². The van der Waals surface area contributed by atoms with Crippen LogP contribution >= 0.6 is 22.9 Å². The molecule has 11 heavy (non-hydrogen) atoms. The molecule has 0 atom stereocenters. The predicted molar refractivity (Wildman–Crippen MR) is 59.9 cm³/mol. The zero-order valence-electron chi connectivity index (χ0n) is 7.70. The molecule has 0 bridgehead atoms. The molecule has 0 aliphatic carbocycles. The van der Waals surface area contributed by atoms with Crippen molar-refractivity contribution in [1.29, 1.82) is 0 Å². The van der Waals surface area contributed by atoms with Gasteiger partial charge in [0.25, 0.3) is 0 Å². The fourth-order valence-corrected chi connectivity index (χ4v) is 1.48. The second kappa shape index (κ2) is 8.78. The molecular weight excluding hydrogens is 249 g/mol. The fourth-order valence-electron chi connectivity index (χ4n) is 1.10. The molecule has 0 aromatic rings. The molecule has 0 amide bonds. The highest BCUT2D eigenvalue weighted by Gasteiger charge is 1.93. The minimum atomic E-state index is 0.887. The molecule has 1 N–H and O–H groups in total. The molecule has 0 unspecified atom stereocenters. The minimum absolute atomic E-state index is 0.887. The first-order chi connectivity index (χ1) is 5.27. The smallest absolute Gasteiger partial charge is 0.0169 e. The van der Waals surface area contributed by atoms with Gasteiger partial charge < -0.3 is 0 Å². The van der Waals surface area contributed by atoms with Crippen molar-refractivity contribution in [3.63, 3.8) is 0 Å². The van der Waals surface area contributed by atoms with Gasteiger partial charge in [0.1, 0.15) is 0 Å². The van der Waals surface area contributed by atoms with Gasteiger partial charge in [-0.25, -0.2) is 0 Å². The van der Waals surface area contributed by atoms with E-state index in [2.05, 4.69) is 40.2 Å². The number of hydrogen-bond donors (Lipinski definition) is 1. The summed E-state index contributed by atoms with van der Waals surface area (Å²) in [5.74, 6) is 0.887. The van der Waals surface area contributed by atoms with Crippen LogP contribution in [0.25, 0.3) is 0 Å². The Bertz CT molecular complexity index is 74.0. The Kier molecular flexibility index (Phi) is 9.33. The Morgan fingerprint density at radius 2 is 1.73 bits per heavy atom. The van der Waals surface area contributed by atoms with Crippen LogP contribution in [-0.2, 0) is 0 Å². The highest BCUT2D eigenvalue weighted by Crippen LogP contribution is 2.08. The summed E-state index contributed by atoms with van der Waals surface area (Å²) in [6.07, 6.45) is 6.96. The molecule has 68 valence electrons. The van der Waals surface area contributed by atoms with Crippen LogP contribution in [0.3, 0.4) is 0 Å². The van der Waals surface area contributed by atoms with E-state index in [1.165, 1.54) is 38.6 Å². The van der Waals surface area contributed by atoms with Gasteiger partial charge in [-0.05, 0) is 12.3 Å². The van der Waals surface area contributed by atoms with Crippen molar-refractivity contribution in [3.05, 3.63) is 0 Å². The topological polar surface area (TPSA) is 12.0 Å². The Morgan fingerprint density at radius 1 is 1.09 bits per heavy atom. The van der Waals surface area contributed by atoms with Gasteiger partial charge in [-0.2, -0.15) is 0 Å². The molecule has 0 rings (SSSR count). The average molecular weight is 269 g/mol. The lowest BCUT2D eigenvalue weighted by molar-refractivity contribution is 0.520. The molecule has 0 spiro atoms. The lowest BCUT2D eigenvalue weighted by Crippen LogP contribution is -1.99. The highest BCUT2D eigenvalue weighted by atomic mass is 127. The standard InChI is InChI=1S/C9H20IN/c1-9(2)7-5-3-4-6-8-11-10/h9,11H,3-8H2,1-2H3. The van der Waals surface area contributed by atoms with Crippen LogP contribution in [0.5, 0.6) is 0 Å². The summed E-state index contributed by atoms with van der Waals surface area (Å²) in [5.41, 5.74) is 0. The molecule has 0 radical (unpaired) electrons. The first-order valence-corrected chi connectivity index (χ1v) is 5.68. The summed E-state index contributed by atoms with van der Waals surface area (Å²) in [5, 5.41) is 0. The predicted octanol–water partition coefficient (Wildman–Crippen LogP) is 3.53. The zero-order valence-corrected chi connectivity index (χ0v) is 9.86. The van der Waals surface area contributed by atoms with E-state index in [1.54, 1.807) is 0 Å². The summed E-state index contributed by atoms with van der Waals surface area (Å²) in [4.78, 5) is 0. The minimum Gasteiger partial charge on any atom is -0.261 e. The lowest BCUT2D eigenvalue weighted by Gasteiger charge is -2.03. The van der Waals surface area contributed by atoms with Crippen LogP contribution in [0.15, 0.2) is 0 Å². The van der Waals surface area contributed by atoms with E-state index in [9.17, 15) is 0 Å². The van der Waals surface area contributed by atoms with Crippen molar-refractivity contribution in [1.82, 2.24) is 3.53 Å². The van der Waals surface area contributed by atoms with Crippen molar-refractivity contribution in [3.8, 4) is 0 Å². The third-order valence-corrected chi connectivity index (χ3v) is 2.34. The molecule has 0 fully saturated rings. The van der Waals surface area contributed by atoms with Gasteiger partial charge in [0.05, 0.1) is 0 Å². The number of unbranched alkanes of at least 4 members (excludes halogenated alkanes) is 3.